The van der Waals surface area contributed by atoms with E-state index in [4.69, 9.17) is 23.1 Å². The van der Waals surface area contributed by atoms with Crippen LogP contribution in [0.5, 0.6) is 5.75 Å². The molecular weight excluding hydrogens is 508 g/mol. The summed E-state index contributed by atoms with van der Waals surface area (Å²) in [6.45, 7) is 4.80. The molecule has 0 radical (unpaired) electrons. The zero-order valence-corrected chi connectivity index (χ0v) is 23.1. The first kappa shape index (κ1) is 28.7. The number of nitrogens with zero attached hydrogens (tertiary/aromatic N) is 1. The third kappa shape index (κ3) is 8.88. The van der Waals surface area contributed by atoms with Crippen LogP contribution < -0.4 is 10.2 Å². The normalized spacial score (nSPS) is 11.4. The summed E-state index contributed by atoms with van der Waals surface area (Å²) in [5.41, 5.74) is 6.82. The molecule has 40 heavy (non-hydrogen) atoms. The van der Waals surface area contributed by atoms with Crippen LogP contribution in [-0.4, -0.2) is 17.6 Å². The Bertz CT molecular complexity index is 1330. The number of furan rings is 1. The van der Waals surface area contributed by atoms with E-state index in [-0.39, 0.29) is 5.97 Å². The highest BCUT2D eigenvalue weighted by Crippen LogP contribution is 2.23. The van der Waals surface area contributed by atoms with E-state index >= 15 is 0 Å². The maximum Gasteiger partial charge on any atom is 0.305 e. The molecule has 2 aromatic heterocycles. The number of aryl methyl sites for hydroxylation is 1. The number of allylic oxidation sites excluding steroid dienone is 1. The lowest BCUT2D eigenvalue weighted by atomic mass is 10.1. The summed E-state index contributed by atoms with van der Waals surface area (Å²) in [5, 5.41) is 0. The van der Waals surface area contributed by atoms with Crippen molar-refractivity contribution in [3.05, 3.63) is 102 Å². The summed E-state index contributed by atoms with van der Waals surface area (Å²) in [6.07, 6.45) is 7.86. The number of rotatable bonds is 16. The average molecular weight is 545 g/mol. The zero-order valence-electron chi connectivity index (χ0n) is 23.1. The van der Waals surface area contributed by atoms with Crippen molar-refractivity contribution in [2.45, 2.75) is 59.2 Å². The fraction of sp³-hybridized carbons (Fsp3) is 0.312. The van der Waals surface area contributed by atoms with Gasteiger partial charge in [0, 0.05) is 6.42 Å². The van der Waals surface area contributed by atoms with E-state index in [2.05, 4.69) is 16.5 Å². The second-order valence-corrected chi connectivity index (χ2v) is 9.21. The van der Waals surface area contributed by atoms with Crippen LogP contribution in [0.25, 0.3) is 17.3 Å². The number of ether oxygens (including phenoxy) is 2. The zero-order chi connectivity index (χ0) is 28.0. The molecule has 0 spiro atoms. The van der Waals surface area contributed by atoms with Gasteiger partial charge in [0.15, 0.2) is 5.76 Å². The number of aromatic nitrogens is 1. The lowest BCUT2D eigenvalue weighted by Crippen LogP contribution is -2.13. The lowest BCUT2D eigenvalue weighted by Gasteiger charge is -2.12. The first-order chi connectivity index (χ1) is 19.6. The quantitative estimate of drug-likeness (QED) is 0.0886. The average Bonchev–Trinajstić information content (AvgIpc) is 3.64. The minimum Gasteiger partial charge on any atom is -0.487 e. The van der Waals surface area contributed by atoms with Gasteiger partial charge in [-0.25, -0.2) is 4.98 Å². The van der Waals surface area contributed by atoms with Crippen LogP contribution in [0.4, 0.5) is 0 Å². The maximum atomic E-state index is 11.5. The summed E-state index contributed by atoms with van der Waals surface area (Å²) >= 11 is 0. The monoisotopic (exact) mass is 544 g/mol. The van der Waals surface area contributed by atoms with Crippen molar-refractivity contribution in [1.82, 2.24) is 10.5 Å². The van der Waals surface area contributed by atoms with Gasteiger partial charge in [-0.2, -0.15) is 0 Å². The van der Waals surface area contributed by atoms with Crippen LogP contribution in [0.1, 0.15) is 61.6 Å². The van der Waals surface area contributed by atoms with E-state index in [9.17, 15) is 4.79 Å². The topological polar surface area (TPSA) is 96.0 Å². The predicted molar refractivity (Wildman–Crippen MR) is 152 cm³/mol. The third-order valence-corrected chi connectivity index (χ3v) is 6.17. The molecule has 0 unspecified atom stereocenters. The first-order valence-corrected chi connectivity index (χ1v) is 13.6. The number of oxazole rings is 1. The van der Waals surface area contributed by atoms with Crippen molar-refractivity contribution in [1.29, 1.82) is 0 Å². The van der Waals surface area contributed by atoms with Gasteiger partial charge in [-0.3, -0.25) is 15.1 Å². The number of carbonyl (C=O) groups excluding carboxylic acids is 1. The van der Waals surface area contributed by atoms with Crippen LogP contribution in [-0.2, 0) is 27.6 Å². The molecule has 210 valence electrons. The number of benzene rings is 2. The minimum atomic E-state index is -0.123. The second-order valence-electron chi connectivity index (χ2n) is 9.21. The summed E-state index contributed by atoms with van der Waals surface area (Å²) in [6, 6.07) is 21.4. The molecule has 8 nitrogen and oxygen atoms in total. The fourth-order valence-electron chi connectivity index (χ4n) is 4.00. The Morgan fingerprint density at radius 3 is 2.55 bits per heavy atom. The molecule has 0 saturated heterocycles. The standard InChI is InChI=1S/C32H36N2O6/c1-3-36-31(35)16-10-5-4-9-14-28(26-12-7-6-8-13-26)34-39-22-25-17-19-27(20-18-25)38-23-29-24(2)40-32(33-29)30-15-11-21-37-30/h6-8,11-15,17-21,34H,3-5,9-10,16,22-23H2,1-2H3. The van der Waals surface area contributed by atoms with Gasteiger partial charge < -0.3 is 18.3 Å². The van der Waals surface area contributed by atoms with Crippen molar-refractivity contribution in [2.24, 2.45) is 0 Å². The second kappa shape index (κ2) is 15.3. The van der Waals surface area contributed by atoms with Gasteiger partial charge in [0.2, 0.25) is 0 Å². The molecule has 4 aromatic rings. The van der Waals surface area contributed by atoms with E-state index in [0.29, 0.717) is 43.7 Å². The summed E-state index contributed by atoms with van der Waals surface area (Å²) in [4.78, 5) is 21.8. The Balaban J connectivity index is 1.23. The Morgan fingerprint density at radius 1 is 0.975 bits per heavy atom. The Labute approximate surface area is 234 Å². The van der Waals surface area contributed by atoms with Crippen LogP contribution in [0, 0.1) is 6.92 Å². The smallest absolute Gasteiger partial charge is 0.305 e. The van der Waals surface area contributed by atoms with E-state index in [1.807, 2.05) is 68.4 Å². The van der Waals surface area contributed by atoms with Crippen LogP contribution in [0.15, 0.2) is 87.9 Å². The molecule has 0 saturated carbocycles. The van der Waals surface area contributed by atoms with E-state index in [1.54, 1.807) is 18.4 Å². The van der Waals surface area contributed by atoms with Gasteiger partial charge in [-0.1, -0.05) is 55.0 Å². The summed E-state index contributed by atoms with van der Waals surface area (Å²) < 4.78 is 21.9. The first-order valence-electron chi connectivity index (χ1n) is 13.6. The van der Waals surface area contributed by atoms with Crippen molar-refractivity contribution >= 4 is 11.7 Å². The largest absolute Gasteiger partial charge is 0.487 e. The van der Waals surface area contributed by atoms with Crippen molar-refractivity contribution < 1.29 is 27.9 Å². The predicted octanol–water partition coefficient (Wildman–Crippen LogP) is 7.40. The molecule has 2 heterocycles. The van der Waals surface area contributed by atoms with Gasteiger partial charge in [0.25, 0.3) is 5.89 Å². The summed E-state index contributed by atoms with van der Waals surface area (Å²) in [5.74, 6) is 2.33. The molecule has 0 fully saturated rings. The van der Waals surface area contributed by atoms with Gasteiger partial charge >= 0.3 is 5.97 Å². The number of hydrogen-bond donors (Lipinski definition) is 1. The van der Waals surface area contributed by atoms with Gasteiger partial charge in [0.1, 0.15) is 23.8 Å². The highest BCUT2D eigenvalue weighted by Gasteiger charge is 2.14. The minimum absolute atomic E-state index is 0.123. The van der Waals surface area contributed by atoms with Crippen molar-refractivity contribution in [3.63, 3.8) is 0 Å². The van der Waals surface area contributed by atoms with Gasteiger partial charge in [-0.15, -0.1) is 0 Å². The van der Waals surface area contributed by atoms with Crippen LogP contribution >= 0.6 is 0 Å². The molecule has 0 atom stereocenters. The maximum absolute atomic E-state index is 11.5. The number of hydrogen-bond acceptors (Lipinski definition) is 8. The number of carbonyl (C=O) groups is 1. The van der Waals surface area contributed by atoms with Crippen molar-refractivity contribution in [2.75, 3.05) is 6.61 Å². The Hall–Kier alpha value is -4.30. The van der Waals surface area contributed by atoms with Crippen molar-refractivity contribution in [3.8, 4) is 17.4 Å². The fourth-order valence-corrected chi connectivity index (χ4v) is 4.00. The molecule has 0 aliphatic carbocycles. The number of unbranched alkanes of at least 4 members (excludes halogenated alkanes) is 3. The van der Waals surface area contributed by atoms with E-state index < -0.39 is 0 Å². The SMILES string of the molecule is CCOC(=O)CCCCCC=C(NOCc1ccc(OCc2nc(-c3ccco3)oc2C)cc1)c1ccccc1. The molecule has 0 amide bonds. The van der Waals surface area contributed by atoms with Gasteiger partial charge in [0.05, 0.1) is 25.2 Å². The Morgan fingerprint density at radius 2 is 1.80 bits per heavy atom. The molecule has 4 rings (SSSR count). The number of esters is 1. The molecule has 0 aliphatic heterocycles. The Kier molecular flexibility index (Phi) is 11.0. The molecule has 8 heteroatoms. The number of nitrogens with one attached hydrogen (secondary N) is 1. The lowest BCUT2D eigenvalue weighted by molar-refractivity contribution is -0.143. The van der Waals surface area contributed by atoms with Crippen LogP contribution in [0.2, 0.25) is 0 Å². The van der Waals surface area contributed by atoms with E-state index in [0.717, 1.165) is 54.0 Å². The molecule has 0 bridgehead atoms. The third-order valence-electron chi connectivity index (χ3n) is 6.17. The molecule has 2 aromatic carbocycles. The summed E-state index contributed by atoms with van der Waals surface area (Å²) in [7, 11) is 0. The highest BCUT2D eigenvalue weighted by molar-refractivity contribution is 5.69. The highest BCUT2D eigenvalue weighted by atomic mass is 16.6. The van der Waals surface area contributed by atoms with Gasteiger partial charge in [-0.05, 0) is 68.5 Å². The molecule has 0 aliphatic rings. The molecule has 1 N–H and O–H groups in total. The van der Waals surface area contributed by atoms with E-state index in [1.165, 1.54) is 0 Å². The number of hydroxylamine groups is 1. The molecular formula is C32H36N2O6. The van der Waals surface area contributed by atoms with Crippen LogP contribution in [0.3, 0.4) is 0 Å².